The number of fused-ring (bicyclic) bond motifs is 1. The van der Waals surface area contributed by atoms with Crippen molar-refractivity contribution in [2.75, 3.05) is 13.2 Å². The predicted octanol–water partition coefficient (Wildman–Crippen LogP) is 6.94. The first-order valence-electron chi connectivity index (χ1n) is 12.3. The molecule has 0 spiro atoms. The van der Waals surface area contributed by atoms with E-state index < -0.39 is 34.8 Å². The molecule has 204 valence electrons. The van der Waals surface area contributed by atoms with Crippen LogP contribution in [0.1, 0.15) is 51.3 Å². The lowest BCUT2D eigenvalue weighted by molar-refractivity contribution is -0.272. The molecule has 3 aromatic rings. The zero-order valence-corrected chi connectivity index (χ0v) is 22.1. The van der Waals surface area contributed by atoms with E-state index in [1.165, 1.54) is 12.1 Å². The van der Waals surface area contributed by atoms with Crippen LogP contribution in [0.3, 0.4) is 0 Å². The maximum absolute atomic E-state index is 14.3. The molecule has 0 radical (unpaired) electrons. The van der Waals surface area contributed by atoms with Crippen molar-refractivity contribution in [3.05, 3.63) is 77.4 Å². The van der Waals surface area contributed by atoms with Crippen LogP contribution in [0.25, 0.3) is 10.8 Å². The van der Waals surface area contributed by atoms with E-state index in [4.69, 9.17) is 18.9 Å². The topological polar surface area (TPSA) is 66.0 Å². The summed E-state index contributed by atoms with van der Waals surface area (Å²) in [4.78, 5) is 12.7. The van der Waals surface area contributed by atoms with E-state index in [0.717, 1.165) is 5.56 Å². The van der Waals surface area contributed by atoms with Crippen molar-refractivity contribution in [1.29, 1.82) is 0 Å². The van der Waals surface area contributed by atoms with Crippen LogP contribution < -0.4 is 10.1 Å². The second-order valence-electron chi connectivity index (χ2n) is 10.8. The van der Waals surface area contributed by atoms with Gasteiger partial charge in [-0.15, -0.1) is 0 Å². The number of alkyl halides is 3. The quantitative estimate of drug-likeness (QED) is 0.386. The molecular weight excluding hydrogens is 499 g/mol. The van der Waals surface area contributed by atoms with Crippen molar-refractivity contribution in [1.82, 2.24) is 5.32 Å². The molecule has 3 aromatic carbocycles. The van der Waals surface area contributed by atoms with E-state index in [2.05, 4.69) is 5.32 Å². The molecule has 1 heterocycles. The van der Waals surface area contributed by atoms with Gasteiger partial charge in [0.05, 0.1) is 13.2 Å². The molecular formula is C29H32F3NO5. The first-order chi connectivity index (χ1) is 17.7. The Balaban J connectivity index is 1.73. The van der Waals surface area contributed by atoms with Crippen molar-refractivity contribution in [3.63, 3.8) is 0 Å². The molecule has 1 aliphatic heterocycles. The Morgan fingerprint density at radius 1 is 0.974 bits per heavy atom. The van der Waals surface area contributed by atoms with E-state index in [9.17, 15) is 18.0 Å². The van der Waals surface area contributed by atoms with Crippen LogP contribution in [0.4, 0.5) is 18.0 Å². The molecule has 1 amide bonds. The van der Waals surface area contributed by atoms with E-state index in [1.807, 2.05) is 6.07 Å². The second-order valence-corrected chi connectivity index (χ2v) is 10.8. The van der Waals surface area contributed by atoms with Crippen molar-refractivity contribution in [3.8, 4) is 5.75 Å². The third-order valence-corrected chi connectivity index (χ3v) is 6.13. The maximum atomic E-state index is 14.3. The zero-order chi connectivity index (χ0) is 27.8. The SMILES string of the molecule is CC(C)(C)OC(=O)NC1(c2ccc3c(C(F)(F)F)c(OCc4ccccc4)ccc3c2)COC(C)(C)OC1. The fourth-order valence-electron chi connectivity index (χ4n) is 4.24. The number of alkyl carbamates (subject to hydrolysis) is 1. The number of carbonyl (C=O) groups is 1. The van der Waals surface area contributed by atoms with Crippen LogP contribution >= 0.6 is 0 Å². The molecule has 38 heavy (non-hydrogen) atoms. The molecule has 6 nitrogen and oxygen atoms in total. The summed E-state index contributed by atoms with van der Waals surface area (Å²) in [6.45, 7) is 8.78. The number of benzene rings is 3. The van der Waals surface area contributed by atoms with Crippen molar-refractivity contribution in [2.24, 2.45) is 0 Å². The van der Waals surface area contributed by atoms with Crippen LogP contribution in [0.15, 0.2) is 60.7 Å². The number of nitrogens with one attached hydrogen (secondary N) is 1. The number of rotatable bonds is 5. The summed E-state index contributed by atoms with van der Waals surface area (Å²) in [7, 11) is 0. The van der Waals surface area contributed by atoms with Crippen LogP contribution in [0, 0.1) is 0 Å². The average molecular weight is 532 g/mol. The van der Waals surface area contributed by atoms with Crippen LogP contribution in [0.2, 0.25) is 0 Å². The molecule has 0 aromatic heterocycles. The zero-order valence-electron chi connectivity index (χ0n) is 22.1. The first kappa shape index (κ1) is 27.7. The molecule has 9 heteroatoms. The third kappa shape index (κ3) is 6.39. The van der Waals surface area contributed by atoms with Gasteiger partial charge in [-0.3, -0.25) is 0 Å². The number of amides is 1. The minimum atomic E-state index is -4.65. The van der Waals surface area contributed by atoms with Gasteiger partial charge in [-0.2, -0.15) is 13.2 Å². The van der Waals surface area contributed by atoms with Gasteiger partial charge >= 0.3 is 12.3 Å². The van der Waals surface area contributed by atoms with E-state index in [0.29, 0.717) is 10.9 Å². The van der Waals surface area contributed by atoms with Gasteiger partial charge in [-0.05, 0) is 68.7 Å². The Morgan fingerprint density at radius 2 is 1.63 bits per heavy atom. The lowest BCUT2D eigenvalue weighted by Gasteiger charge is -2.44. The normalized spacial score (nSPS) is 17.2. The van der Waals surface area contributed by atoms with Crippen molar-refractivity contribution >= 4 is 16.9 Å². The third-order valence-electron chi connectivity index (χ3n) is 6.13. The number of halogens is 3. The first-order valence-corrected chi connectivity index (χ1v) is 12.3. The molecule has 1 N–H and O–H groups in total. The summed E-state index contributed by atoms with van der Waals surface area (Å²) in [5.74, 6) is -1.14. The monoisotopic (exact) mass is 531 g/mol. The van der Waals surface area contributed by atoms with E-state index in [1.54, 1.807) is 77.1 Å². The highest BCUT2D eigenvalue weighted by molar-refractivity contribution is 5.89. The van der Waals surface area contributed by atoms with Gasteiger partial charge in [0.2, 0.25) is 0 Å². The highest BCUT2D eigenvalue weighted by atomic mass is 19.4. The summed E-state index contributed by atoms with van der Waals surface area (Å²) >= 11 is 0. The maximum Gasteiger partial charge on any atom is 0.420 e. The molecule has 0 aliphatic carbocycles. The Bertz CT molecular complexity index is 1290. The number of carbonyl (C=O) groups excluding carboxylic acids is 1. The Labute approximate surface area is 220 Å². The highest BCUT2D eigenvalue weighted by Gasteiger charge is 2.44. The molecule has 1 saturated heterocycles. The lowest BCUT2D eigenvalue weighted by atomic mass is 9.88. The van der Waals surface area contributed by atoms with Gasteiger partial charge in [0, 0.05) is 0 Å². The van der Waals surface area contributed by atoms with Gasteiger partial charge < -0.3 is 24.3 Å². The van der Waals surface area contributed by atoms with Gasteiger partial charge in [0.15, 0.2) is 5.79 Å². The summed E-state index contributed by atoms with van der Waals surface area (Å²) in [6, 6.07) is 16.4. The lowest BCUT2D eigenvalue weighted by Crippen LogP contribution is -2.59. The average Bonchev–Trinajstić information content (AvgIpc) is 2.82. The Hall–Kier alpha value is -3.30. The molecule has 4 rings (SSSR count). The van der Waals surface area contributed by atoms with E-state index >= 15 is 0 Å². The molecule has 0 bridgehead atoms. The molecule has 0 atom stereocenters. The smallest absolute Gasteiger partial charge is 0.420 e. The molecule has 0 unspecified atom stereocenters. The summed E-state index contributed by atoms with van der Waals surface area (Å²) in [5.41, 5.74) is -1.50. The minimum absolute atomic E-state index is 0.000886. The van der Waals surface area contributed by atoms with Gasteiger partial charge in [-0.25, -0.2) is 4.79 Å². The fraction of sp³-hybridized carbons (Fsp3) is 0.414. The van der Waals surface area contributed by atoms with Crippen LogP contribution in [0.5, 0.6) is 5.75 Å². The van der Waals surface area contributed by atoms with Crippen LogP contribution in [-0.4, -0.2) is 30.7 Å². The summed E-state index contributed by atoms with van der Waals surface area (Å²) < 4.78 is 65.5. The largest absolute Gasteiger partial charge is 0.488 e. The number of ether oxygens (including phenoxy) is 4. The van der Waals surface area contributed by atoms with Crippen LogP contribution in [-0.2, 0) is 32.5 Å². The van der Waals surface area contributed by atoms with Crippen molar-refractivity contribution in [2.45, 2.75) is 64.3 Å². The fourth-order valence-corrected chi connectivity index (χ4v) is 4.24. The van der Waals surface area contributed by atoms with Gasteiger partial charge in [-0.1, -0.05) is 48.5 Å². The Morgan fingerprint density at radius 3 is 2.24 bits per heavy atom. The highest BCUT2D eigenvalue weighted by Crippen LogP contribution is 2.43. The summed E-state index contributed by atoms with van der Waals surface area (Å²) in [5, 5.41) is 3.16. The second kappa shape index (κ2) is 10.1. The van der Waals surface area contributed by atoms with E-state index in [-0.39, 0.29) is 31.0 Å². The minimum Gasteiger partial charge on any atom is -0.488 e. The van der Waals surface area contributed by atoms with Gasteiger partial charge in [0.25, 0.3) is 0 Å². The number of hydrogen-bond acceptors (Lipinski definition) is 5. The van der Waals surface area contributed by atoms with Crippen molar-refractivity contribution < 1.29 is 36.9 Å². The standard InChI is InChI=1S/C29H32F3NO5/c1-26(2,3)38-25(34)33-28(17-36-27(4,5)37-18-28)21-12-13-22-20(15-21)11-14-23(24(22)29(30,31)32)35-16-19-9-7-6-8-10-19/h6-15H,16-18H2,1-5H3,(H,33,34). The molecule has 1 aliphatic rings. The van der Waals surface area contributed by atoms with Gasteiger partial charge in [0.1, 0.15) is 29.1 Å². The Kier molecular flexibility index (Phi) is 7.38. The molecule has 1 fully saturated rings. The molecule has 0 saturated carbocycles. The predicted molar refractivity (Wildman–Crippen MR) is 137 cm³/mol. The summed E-state index contributed by atoms with van der Waals surface area (Å²) in [6.07, 6.45) is -5.34. The number of hydrogen-bond donors (Lipinski definition) is 1.